The number of nitrogens with one attached hydrogen (secondary N) is 1. The van der Waals surface area contributed by atoms with Gasteiger partial charge in [-0.25, -0.2) is 0 Å². The third-order valence-electron chi connectivity index (χ3n) is 5.56. The van der Waals surface area contributed by atoms with Gasteiger partial charge in [0.2, 0.25) is 5.91 Å². The smallest absolute Gasteiger partial charge is 0.247 e. The molecule has 1 aliphatic carbocycles. The van der Waals surface area contributed by atoms with Gasteiger partial charge in [-0.2, -0.15) is 0 Å². The number of ketones is 1. The summed E-state index contributed by atoms with van der Waals surface area (Å²) >= 11 is 0. The van der Waals surface area contributed by atoms with E-state index < -0.39 is 0 Å². The van der Waals surface area contributed by atoms with Gasteiger partial charge in [0.1, 0.15) is 0 Å². The fourth-order valence-electron chi connectivity index (χ4n) is 4.02. The minimum absolute atomic E-state index is 0.182. The fraction of sp³-hybridized carbons (Fsp3) is 0.174. The predicted octanol–water partition coefficient (Wildman–Crippen LogP) is 1.90. The van der Waals surface area contributed by atoms with Crippen LogP contribution in [0.2, 0.25) is 0 Å². The van der Waals surface area contributed by atoms with Gasteiger partial charge in [-0.3, -0.25) is 24.6 Å². The molecule has 0 unspecified atom stereocenters. The van der Waals surface area contributed by atoms with E-state index in [4.69, 9.17) is 4.99 Å². The van der Waals surface area contributed by atoms with Gasteiger partial charge in [-0.05, 0) is 36.3 Å². The summed E-state index contributed by atoms with van der Waals surface area (Å²) in [7, 11) is 0. The van der Waals surface area contributed by atoms with Crippen molar-refractivity contribution in [1.82, 2.24) is 4.98 Å². The molecule has 29 heavy (non-hydrogen) atoms. The molecule has 1 fully saturated rings. The molecule has 6 heteroatoms. The van der Waals surface area contributed by atoms with Gasteiger partial charge in [0.05, 0.1) is 28.5 Å². The quantitative estimate of drug-likeness (QED) is 0.823. The van der Waals surface area contributed by atoms with Crippen LogP contribution in [0, 0.1) is 6.92 Å². The van der Waals surface area contributed by atoms with Crippen molar-refractivity contribution in [3.63, 3.8) is 0 Å². The van der Waals surface area contributed by atoms with E-state index in [1.807, 2.05) is 31.3 Å². The Hall–Kier alpha value is -3.67. The lowest BCUT2D eigenvalue weighted by atomic mass is 9.96. The summed E-state index contributed by atoms with van der Waals surface area (Å²) in [6, 6.07) is 5.87. The molecule has 1 N–H and O–H groups in total. The molecule has 142 valence electrons. The minimum atomic E-state index is -0.281. The van der Waals surface area contributed by atoms with Gasteiger partial charge in [0.15, 0.2) is 5.78 Å². The number of fused-ring (bicyclic) bond motifs is 4. The summed E-state index contributed by atoms with van der Waals surface area (Å²) in [6.45, 7) is 5.32. The van der Waals surface area contributed by atoms with E-state index in [1.165, 1.54) is 6.08 Å². The van der Waals surface area contributed by atoms with Crippen LogP contribution in [-0.2, 0) is 16.0 Å². The van der Waals surface area contributed by atoms with E-state index in [0.29, 0.717) is 18.5 Å². The van der Waals surface area contributed by atoms with E-state index in [0.717, 1.165) is 56.4 Å². The maximum Gasteiger partial charge on any atom is 0.247 e. The number of carbonyl (C=O) groups is 2. The highest BCUT2D eigenvalue weighted by Crippen LogP contribution is 2.29. The number of carbonyl (C=O) groups excluding carboxylic acids is 2. The van der Waals surface area contributed by atoms with Crippen LogP contribution in [0.4, 0.5) is 11.4 Å². The zero-order valence-electron chi connectivity index (χ0n) is 16.0. The summed E-state index contributed by atoms with van der Waals surface area (Å²) < 4.78 is 0. The van der Waals surface area contributed by atoms with Crippen molar-refractivity contribution in [2.75, 3.05) is 5.32 Å². The number of Topliss-reactive ketones (excluding diaryl/α,β-unsaturated/α-hetero) is 1. The number of hydrogen-bond acceptors (Lipinski definition) is 5. The molecule has 5 rings (SSSR count). The first kappa shape index (κ1) is 17.4. The Bertz CT molecular complexity index is 1320. The van der Waals surface area contributed by atoms with Crippen molar-refractivity contribution >= 4 is 46.3 Å². The lowest BCUT2D eigenvalue weighted by molar-refractivity contribution is -0.113. The van der Waals surface area contributed by atoms with E-state index in [2.05, 4.69) is 21.9 Å². The molecule has 0 atom stereocenters. The number of pyridine rings is 1. The van der Waals surface area contributed by atoms with Crippen LogP contribution < -0.4 is 15.8 Å². The molecule has 1 aromatic carbocycles. The first-order valence-corrected chi connectivity index (χ1v) is 9.50. The van der Waals surface area contributed by atoms with Gasteiger partial charge >= 0.3 is 0 Å². The van der Waals surface area contributed by atoms with E-state index in [9.17, 15) is 9.59 Å². The van der Waals surface area contributed by atoms with Crippen LogP contribution in [0.1, 0.15) is 29.7 Å². The van der Waals surface area contributed by atoms with Crippen LogP contribution in [-0.4, -0.2) is 28.1 Å². The average Bonchev–Trinajstić information content (AvgIpc) is 3.29. The van der Waals surface area contributed by atoms with Gasteiger partial charge in [0.25, 0.3) is 0 Å². The van der Waals surface area contributed by atoms with Crippen LogP contribution in [0.25, 0.3) is 11.8 Å². The van der Waals surface area contributed by atoms with Crippen molar-refractivity contribution in [2.45, 2.75) is 26.2 Å². The number of aromatic nitrogens is 1. The van der Waals surface area contributed by atoms with Crippen LogP contribution in [0.3, 0.4) is 0 Å². The maximum atomic E-state index is 12.3. The first-order chi connectivity index (χ1) is 14.0. The number of hydrogen-bond donors (Lipinski definition) is 1. The minimum Gasteiger partial charge on any atom is -0.321 e. The number of aliphatic imine (C=N–C) groups is 2. The lowest BCUT2D eigenvalue weighted by Gasteiger charge is -2.15. The molecule has 0 spiro atoms. The molecule has 1 amide bonds. The molecule has 2 aliphatic heterocycles. The second-order valence-corrected chi connectivity index (χ2v) is 7.32. The fourth-order valence-corrected chi connectivity index (χ4v) is 4.02. The van der Waals surface area contributed by atoms with Crippen molar-refractivity contribution in [1.29, 1.82) is 0 Å². The maximum absolute atomic E-state index is 12.3. The van der Waals surface area contributed by atoms with Crippen LogP contribution in [0.15, 0.2) is 47.0 Å². The zero-order chi connectivity index (χ0) is 20.1. The molecule has 1 saturated carbocycles. The Balaban J connectivity index is 1.57. The Kier molecular flexibility index (Phi) is 3.87. The molecule has 3 heterocycles. The molecule has 0 bridgehead atoms. The number of nitrogens with zero attached hydrogens (tertiary/aromatic N) is 3. The van der Waals surface area contributed by atoms with Gasteiger partial charge < -0.3 is 5.32 Å². The van der Waals surface area contributed by atoms with Crippen molar-refractivity contribution in [3.8, 4) is 0 Å². The van der Waals surface area contributed by atoms with Gasteiger partial charge in [0, 0.05) is 41.6 Å². The highest BCUT2D eigenvalue weighted by Gasteiger charge is 2.31. The first-order valence-electron chi connectivity index (χ1n) is 9.50. The standard InChI is InChI=1S/C23H18N4O2/c1-3-21(29)26-18-8-14(11-24-12(18)2)19-9-16-13(10-25-19)4-5-15-22-17(27-23(15)16)6-7-20(22)28/h3-5,8,10-11H,1,6-7,9H2,2H3,(H,26,29). The van der Waals surface area contributed by atoms with Crippen LogP contribution >= 0.6 is 0 Å². The number of rotatable bonds is 3. The Morgan fingerprint density at radius 2 is 2.10 bits per heavy atom. The Morgan fingerprint density at radius 3 is 2.93 bits per heavy atom. The van der Waals surface area contributed by atoms with Gasteiger partial charge in [-0.1, -0.05) is 18.7 Å². The Morgan fingerprint density at radius 1 is 1.24 bits per heavy atom. The summed E-state index contributed by atoms with van der Waals surface area (Å²) in [4.78, 5) is 37.8. The number of anilines is 1. The third kappa shape index (κ3) is 2.76. The summed E-state index contributed by atoms with van der Waals surface area (Å²) in [5.41, 5.74) is 6.71. The topological polar surface area (TPSA) is 83.8 Å². The monoisotopic (exact) mass is 382 g/mol. The number of aryl methyl sites for hydroxylation is 1. The lowest BCUT2D eigenvalue weighted by Crippen LogP contribution is -2.23. The van der Waals surface area contributed by atoms with Crippen molar-refractivity contribution in [2.24, 2.45) is 9.98 Å². The molecule has 0 saturated heterocycles. The average molecular weight is 382 g/mol. The second kappa shape index (κ2) is 6.44. The van der Waals surface area contributed by atoms with E-state index in [-0.39, 0.29) is 11.7 Å². The number of amides is 1. The Labute approximate surface area is 167 Å². The SMILES string of the molecule is C=CC(=O)Nc1cc(C2=NC=c3ccc4c(c3C2)N=C2CCC(=O)C=42)cnc1C. The highest BCUT2D eigenvalue weighted by atomic mass is 16.1. The van der Waals surface area contributed by atoms with E-state index >= 15 is 0 Å². The van der Waals surface area contributed by atoms with E-state index in [1.54, 1.807) is 6.20 Å². The molecule has 3 aliphatic rings. The molecule has 1 aromatic heterocycles. The predicted molar refractivity (Wildman–Crippen MR) is 113 cm³/mol. The summed E-state index contributed by atoms with van der Waals surface area (Å²) in [6.07, 6.45) is 6.68. The highest BCUT2D eigenvalue weighted by molar-refractivity contribution is 6.48. The third-order valence-corrected chi connectivity index (χ3v) is 5.56. The molecular weight excluding hydrogens is 364 g/mol. The van der Waals surface area contributed by atoms with Crippen LogP contribution in [0.5, 0.6) is 0 Å². The molecule has 2 aromatic rings. The second-order valence-electron chi connectivity index (χ2n) is 7.32. The summed E-state index contributed by atoms with van der Waals surface area (Å²) in [5, 5.41) is 4.74. The van der Waals surface area contributed by atoms with Crippen molar-refractivity contribution in [3.05, 3.63) is 64.3 Å². The summed E-state index contributed by atoms with van der Waals surface area (Å²) in [5.74, 6) is -0.0992. The molecule has 0 radical (unpaired) electrons. The largest absolute Gasteiger partial charge is 0.321 e. The van der Waals surface area contributed by atoms with Gasteiger partial charge in [-0.15, -0.1) is 0 Å². The number of benzene rings is 1. The normalized spacial score (nSPS) is 16.3. The van der Waals surface area contributed by atoms with Crippen molar-refractivity contribution < 1.29 is 9.59 Å². The molecule has 6 nitrogen and oxygen atoms in total. The molecular formula is C23H18N4O2. The zero-order valence-corrected chi connectivity index (χ0v) is 16.0.